The third kappa shape index (κ3) is 2.68. The zero-order valence-electron chi connectivity index (χ0n) is 11.5. The molecule has 1 heterocycles. The summed E-state index contributed by atoms with van der Waals surface area (Å²) in [5.41, 5.74) is 0. The predicted molar refractivity (Wildman–Crippen MR) is 72.1 cm³/mol. The summed E-state index contributed by atoms with van der Waals surface area (Å²) < 4.78 is 0. The summed E-state index contributed by atoms with van der Waals surface area (Å²) in [4.78, 5) is 2.73. The lowest BCUT2D eigenvalue weighted by Gasteiger charge is -2.31. The van der Waals surface area contributed by atoms with Gasteiger partial charge in [0.15, 0.2) is 0 Å². The van der Waals surface area contributed by atoms with Crippen molar-refractivity contribution >= 4 is 0 Å². The second kappa shape index (κ2) is 4.89. The molecule has 2 heteroatoms. The van der Waals surface area contributed by atoms with E-state index < -0.39 is 0 Å². The van der Waals surface area contributed by atoms with Crippen LogP contribution in [0.1, 0.15) is 46.0 Å². The van der Waals surface area contributed by atoms with Crippen molar-refractivity contribution in [3.63, 3.8) is 0 Å². The van der Waals surface area contributed by atoms with Crippen LogP contribution in [0.4, 0.5) is 0 Å². The molecule has 0 aromatic rings. The van der Waals surface area contributed by atoms with Crippen molar-refractivity contribution in [3.05, 3.63) is 0 Å². The van der Waals surface area contributed by atoms with Gasteiger partial charge < -0.3 is 5.32 Å². The van der Waals surface area contributed by atoms with Gasteiger partial charge in [-0.25, -0.2) is 0 Å². The van der Waals surface area contributed by atoms with Gasteiger partial charge in [-0.1, -0.05) is 6.42 Å². The lowest BCUT2D eigenvalue weighted by Crippen LogP contribution is -2.44. The van der Waals surface area contributed by atoms with Crippen molar-refractivity contribution in [1.82, 2.24) is 10.2 Å². The highest BCUT2D eigenvalue weighted by Crippen LogP contribution is 2.38. The van der Waals surface area contributed by atoms with Crippen LogP contribution >= 0.6 is 0 Å². The van der Waals surface area contributed by atoms with E-state index in [0.29, 0.717) is 0 Å². The highest BCUT2D eigenvalue weighted by Gasteiger charge is 2.40. The van der Waals surface area contributed by atoms with E-state index in [0.717, 1.165) is 29.8 Å². The van der Waals surface area contributed by atoms with Gasteiger partial charge in [-0.05, 0) is 63.8 Å². The molecular weight excluding hydrogens is 208 g/mol. The zero-order chi connectivity index (χ0) is 11.8. The molecule has 3 unspecified atom stereocenters. The molecule has 17 heavy (non-hydrogen) atoms. The molecule has 0 amide bonds. The van der Waals surface area contributed by atoms with Crippen LogP contribution in [0.3, 0.4) is 0 Å². The van der Waals surface area contributed by atoms with Crippen molar-refractivity contribution in [2.75, 3.05) is 19.6 Å². The summed E-state index contributed by atoms with van der Waals surface area (Å²) in [5, 5.41) is 3.80. The number of nitrogens with one attached hydrogen (secondary N) is 1. The van der Waals surface area contributed by atoms with Crippen LogP contribution < -0.4 is 5.32 Å². The number of rotatable bonds is 5. The van der Waals surface area contributed by atoms with Crippen LogP contribution in [0, 0.1) is 17.8 Å². The van der Waals surface area contributed by atoms with Gasteiger partial charge in [0.1, 0.15) is 0 Å². The minimum atomic E-state index is 0.720. The average Bonchev–Trinajstić information content (AvgIpc) is 2.85. The summed E-state index contributed by atoms with van der Waals surface area (Å²) in [6.45, 7) is 8.68. The molecule has 2 aliphatic carbocycles. The summed E-state index contributed by atoms with van der Waals surface area (Å²) in [6, 6.07) is 1.52. The second-order valence-corrected chi connectivity index (χ2v) is 6.86. The molecule has 0 radical (unpaired) electrons. The van der Waals surface area contributed by atoms with E-state index >= 15 is 0 Å². The predicted octanol–water partition coefficient (Wildman–Crippen LogP) is 2.49. The molecular formula is C15H28N2. The molecule has 1 aliphatic heterocycles. The molecule has 2 saturated carbocycles. The topological polar surface area (TPSA) is 15.3 Å². The number of hydrogen-bond acceptors (Lipinski definition) is 2. The van der Waals surface area contributed by atoms with Crippen LogP contribution in [-0.4, -0.2) is 36.6 Å². The molecule has 3 rings (SSSR count). The molecule has 3 atom stereocenters. The van der Waals surface area contributed by atoms with Crippen LogP contribution in [0.2, 0.25) is 0 Å². The van der Waals surface area contributed by atoms with Gasteiger partial charge in [0.05, 0.1) is 0 Å². The zero-order valence-corrected chi connectivity index (χ0v) is 11.5. The van der Waals surface area contributed by atoms with Gasteiger partial charge in [0.2, 0.25) is 0 Å². The SMILES string of the molecule is CC(C)N(CC1CC1)CC1NCC2CCCC21. The molecule has 0 spiro atoms. The summed E-state index contributed by atoms with van der Waals surface area (Å²) in [6.07, 6.45) is 7.41. The second-order valence-electron chi connectivity index (χ2n) is 6.86. The standard InChI is InChI=1S/C15H28N2/c1-11(2)17(9-12-6-7-12)10-15-14-5-3-4-13(14)8-16-15/h11-16H,3-10H2,1-2H3. The largest absolute Gasteiger partial charge is 0.312 e. The Hall–Kier alpha value is -0.0800. The molecule has 0 aromatic heterocycles. The fraction of sp³-hybridized carbons (Fsp3) is 1.00. The van der Waals surface area contributed by atoms with E-state index in [-0.39, 0.29) is 0 Å². The monoisotopic (exact) mass is 236 g/mol. The van der Waals surface area contributed by atoms with Crippen LogP contribution in [0.15, 0.2) is 0 Å². The van der Waals surface area contributed by atoms with Crippen molar-refractivity contribution in [3.8, 4) is 0 Å². The fourth-order valence-corrected chi connectivity index (χ4v) is 3.88. The van der Waals surface area contributed by atoms with Crippen molar-refractivity contribution < 1.29 is 0 Å². The third-order valence-electron chi connectivity index (χ3n) is 5.23. The molecule has 3 fully saturated rings. The Labute approximate surface area is 106 Å². The maximum absolute atomic E-state index is 3.80. The minimum absolute atomic E-state index is 0.720. The first-order valence-corrected chi connectivity index (χ1v) is 7.71. The maximum atomic E-state index is 3.80. The van der Waals surface area contributed by atoms with Gasteiger partial charge in [-0.2, -0.15) is 0 Å². The minimum Gasteiger partial charge on any atom is -0.312 e. The number of nitrogens with zero attached hydrogens (tertiary/aromatic N) is 1. The first kappa shape index (κ1) is 12.0. The normalized spacial score (nSPS) is 37.1. The van der Waals surface area contributed by atoms with E-state index in [1.165, 1.54) is 51.7 Å². The van der Waals surface area contributed by atoms with E-state index in [9.17, 15) is 0 Å². The molecule has 0 bridgehead atoms. The first-order valence-electron chi connectivity index (χ1n) is 7.71. The van der Waals surface area contributed by atoms with Gasteiger partial charge in [-0.15, -0.1) is 0 Å². The highest BCUT2D eigenvalue weighted by molar-refractivity contribution is 4.96. The quantitative estimate of drug-likeness (QED) is 0.789. The van der Waals surface area contributed by atoms with Gasteiger partial charge >= 0.3 is 0 Å². The Kier molecular flexibility index (Phi) is 3.45. The van der Waals surface area contributed by atoms with Gasteiger partial charge in [-0.3, -0.25) is 4.90 Å². The lowest BCUT2D eigenvalue weighted by molar-refractivity contribution is 0.179. The Morgan fingerprint density at radius 3 is 2.65 bits per heavy atom. The molecule has 3 aliphatic rings. The van der Waals surface area contributed by atoms with Gasteiger partial charge in [0, 0.05) is 25.2 Å². The Morgan fingerprint density at radius 1 is 1.12 bits per heavy atom. The molecule has 1 N–H and O–H groups in total. The molecule has 98 valence electrons. The smallest absolute Gasteiger partial charge is 0.0226 e. The number of hydrogen-bond donors (Lipinski definition) is 1. The van der Waals surface area contributed by atoms with Crippen LogP contribution in [0.25, 0.3) is 0 Å². The van der Waals surface area contributed by atoms with Crippen molar-refractivity contribution in [2.45, 2.75) is 58.0 Å². The Balaban J connectivity index is 1.56. The first-order chi connectivity index (χ1) is 8.24. The van der Waals surface area contributed by atoms with Crippen molar-refractivity contribution in [1.29, 1.82) is 0 Å². The maximum Gasteiger partial charge on any atom is 0.0226 e. The van der Waals surface area contributed by atoms with E-state index in [2.05, 4.69) is 24.1 Å². The molecule has 1 saturated heterocycles. The van der Waals surface area contributed by atoms with Crippen LogP contribution in [0.5, 0.6) is 0 Å². The molecule has 2 nitrogen and oxygen atoms in total. The van der Waals surface area contributed by atoms with E-state index in [1.807, 2.05) is 0 Å². The Morgan fingerprint density at radius 2 is 1.94 bits per heavy atom. The van der Waals surface area contributed by atoms with Crippen LogP contribution in [-0.2, 0) is 0 Å². The Bertz CT molecular complexity index is 260. The summed E-state index contributed by atoms with van der Waals surface area (Å²) in [7, 11) is 0. The summed E-state index contributed by atoms with van der Waals surface area (Å²) >= 11 is 0. The summed E-state index contributed by atoms with van der Waals surface area (Å²) in [5.74, 6) is 3.03. The average molecular weight is 236 g/mol. The lowest BCUT2D eigenvalue weighted by atomic mass is 9.93. The van der Waals surface area contributed by atoms with Gasteiger partial charge in [0.25, 0.3) is 0 Å². The van der Waals surface area contributed by atoms with E-state index in [4.69, 9.17) is 0 Å². The number of fused-ring (bicyclic) bond motifs is 1. The highest BCUT2D eigenvalue weighted by atomic mass is 15.2. The molecule has 0 aromatic carbocycles. The fourth-order valence-electron chi connectivity index (χ4n) is 3.88. The van der Waals surface area contributed by atoms with Crippen molar-refractivity contribution in [2.24, 2.45) is 17.8 Å². The third-order valence-corrected chi connectivity index (χ3v) is 5.23. The van der Waals surface area contributed by atoms with E-state index in [1.54, 1.807) is 0 Å².